The van der Waals surface area contributed by atoms with Crippen LogP contribution in [0.1, 0.15) is 58.8 Å². The molecule has 0 aromatic carbocycles. The summed E-state index contributed by atoms with van der Waals surface area (Å²) in [6, 6.07) is 0. The molecule has 0 saturated heterocycles. The molecule has 5 heteroatoms. The molecule has 1 N–H and O–H groups in total. The first-order valence-electron chi connectivity index (χ1n) is 9.62. The highest BCUT2D eigenvalue weighted by molar-refractivity contribution is 5.77. The number of carbonyl (C=O) groups is 2. The van der Waals surface area contributed by atoms with Crippen LogP contribution >= 0.6 is 0 Å². The maximum absolute atomic E-state index is 12.6. The van der Waals surface area contributed by atoms with Crippen LogP contribution in [0.15, 0.2) is 0 Å². The van der Waals surface area contributed by atoms with E-state index in [4.69, 9.17) is 9.47 Å². The third-order valence-corrected chi connectivity index (χ3v) is 7.98. The minimum Gasteiger partial charge on any atom is -0.481 e. The smallest absolute Gasteiger partial charge is 0.311 e. The summed E-state index contributed by atoms with van der Waals surface area (Å²) in [5.74, 6) is -0.0573. The lowest BCUT2D eigenvalue weighted by molar-refractivity contribution is -0.183. The topological polar surface area (TPSA) is 72.8 Å². The highest BCUT2D eigenvalue weighted by Gasteiger charge is 2.60. The van der Waals surface area contributed by atoms with Crippen LogP contribution < -0.4 is 0 Å². The first-order valence-corrected chi connectivity index (χ1v) is 9.62. The van der Waals surface area contributed by atoms with Crippen LogP contribution in [0.2, 0.25) is 0 Å². The molecule has 3 rings (SSSR count). The van der Waals surface area contributed by atoms with E-state index in [-0.39, 0.29) is 17.5 Å². The largest absolute Gasteiger partial charge is 0.481 e. The Morgan fingerprint density at radius 3 is 2.40 bits per heavy atom. The zero-order valence-corrected chi connectivity index (χ0v) is 15.9. The number of rotatable bonds is 3. The minimum atomic E-state index is -0.736. The quantitative estimate of drug-likeness (QED) is 0.787. The van der Waals surface area contributed by atoms with Crippen molar-refractivity contribution in [2.24, 2.45) is 34.5 Å². The van der Waals surface area contributed by atoms with Gasteiger partial charge in [-0.25, -0.2) is 0 Å². The molecule has 3 saturated carbocycles. The Morgan fingerprint density at radius 1 is 1.08 bits per heavy atom. The molecule has 0 amide bonds. The number of esters is 1. The normalized spacial score (nSPS) is 46.6. The first-order chi connectivity index (χ1) is 11.8. The van der Waals surface area contributed by atoms with Crippen molar-refractivity contribution in [1.82, 2.24) is 0 Å². The molecule has 0 bridgehead atoms. The molecule has 3 aliphatic carbocycles. The number of carboxylic acid groups (broad SMARTS) is 1. The first kappa shape index (κ1) is 18.7. The monoisotopic (exact) mass is 352 g/mol. The lowest BCUT2D eigenvalue weighted by Crippen LogP contribution is -2.58. The molecule has 0 spiro atoms. The van der Waals surface area contributed by atoms with Gasteiger partial charge in [0.2, 0.25) is 0 Å². The molecule has 0 aromatic heterocycles. The van der Waals surface area contributed by atoms with Crippen molar-refractivity contribution in [3.8, 4) is 0 Å². The SMILES string of the molecule is COC(=O)C1(C)CCCC2(C)C3CC(OC)C(C(=O)O)CC3CCC12. The average Bonchev–Trinajstić information content (AvgIpc) is 2.59. The summed E-state index contributed by atoms with van der Waals surface area (Å²) in [6.45, 7) is 4.42. The lowest BCUT2D eigenvalue weighted by Gasteiger charge is -2.61. The predicted molar refractivity (Wildman–Crippen MR) is 92.9 cm³/mol. The standard InChI is InChI=1S/C20H32O5/c1-19-8-5-9-20(2,18(23)25-4)16(19)7-6-12-10-13(17(21)22)15(24-3)11-14(12)19/h12-16H,5-11H2,1-4H3,(H,21,22). The van der Waals surface area contributed by atoms with Crippen molar-refractivity contribution in [3.63, 3.8) is 0 Å². The molecule has 0 heterocycles. The van der Waals surface area contributed by atoms with Gasteiger partial charge in [-0.1, -0.05) is 13.3 Å². The molecule has 3 fully saturated rings. The summed E-state index contributed by atoms with van der Waals surface area (Å²) in [6.07, 6.45) is 6.31. The Kier molecular flexibility index (Phi) is 4.91. The van der Waals surface area contributed by atoms with Crippen LogP contribution in [0.25, 0.3) is 0 Å². The fourth-order valence-electron chi connectivity index (χ4n) is 6.76. The van der Waals surface area contributed by atoms with Crippen molar-refractivity contribution in [3.05, 3.63) is 0 Å². The number of hydrogen-bond acceptors (Lipinski definition) is 4. The summed E-state index contributed by atoms with van der Waals surface area (Å²) in [7, 11) is 3.12. The molecule has 5 nitrogen and oxygen atoms in total. The highest BCUT2D eigenvalue weighted by Crippen LogP contribution is 2.64. The van der Waals surface area contributed by atoms with Gasteiger partial charge in [0.25, 0.3) is 0 Å². The van der Waals surface area contributed by atoms with Crippen LogP contribution in [0, 0.1) is 34.5 Å². The van der Waals surface area contributed by atoms with Crippen molar-refractivity contribution in [2.75, 3.05) is 14.2 Å². The molecule has 142 valence electrons. The molecule has 0 radical (unpaired) electrons. The average molecular weight is 352 g/mol. The van der Waals surface area contributed by atoms with Crippen LogP contribution in [-0.2, 0) is 19.1 Å². The maximum Gasteiger partial charge on any atom is 0.311 e. The van der Waals surface area contributed by atoms with Gasteiger partial charge in [0.1, 0.15) is 0 Å². The van der Waals surface area contributed by atoms with Crippen molar-refractivity contribution >= 4 is 11.9 Å². The predicted octanol–water partition coefficient (Wildman–Crippen LogP) is 3.51. The Balaban J connectivity index is 1.91. The zero-order valence-electron chi connectivity index (χ0n) is 15.9. The number of ether oxygens (including phenoxy) is 2. The third kappa shape index (κ3) is 2.79. The second-order valence-electron chi connectivity index (χ2n) is 8.96. The number of methoxy groups -OCH3 is 2. The molecule has 25 heavy (non-hydrogen) atoms. The molecule has 7 unspecified atom stereocenters. The van der Waals surface area contributed by atoms with Gasteiger partial charge in [-0.3, -0.25) is 9.59 Å². The fraction of sp³-hybridized carbons (Fsp3) is 0.900. The van der Waals surface area contributed by atoms with Crippen molar-refractivity contribution in [2.45, 2.75) is 64.9 Å². The molecule has 7 atom stereocenters. The van der Waals surface area contributed by atoms with Gasteiger partial charge in [-0.05, 0) is 68.6 Å². The van der Waals surface area contributed by atoms with Crippen LogP contribution in [0.5, 0.6) is 0 Å². The van der Waals surface area contributed by atoms with Crippen molar-refractivity contribution in [1.29, 1.82) is 0 Å². The van der Waals surface area contributed by atoms with Gasteiger partial charge in [-0.2, -0.15) is 0 Å². The van der Waals surface area contributed by atoms with E-state index < -0.39 is 17.3 Å². The van der Waals surface area contributed by atoms with E-state index in [1.807, 2.05) is 0 Å². The second-order valence-corrected chi connectivity index (χ2v) is 8.96. The number of hydrogen-bond donors (Lipinski definition) is 1. The summed E-state index contributed by atoms with van der Waals surface area (Å²) >= 11 is 0. The molecule has 0 aliphatic heterocycles. The number of carbonyl (C=O) groups excluding carboxylic acids is 1. The molecule has 0 aromatic rings. The summed E-state index contributed by atoms with van der Waals surface area (Å²) in [5.41, 5.74) is -0.358. The zero-order chi connectivity index (χ0) is 18.4. The van der Waals surface area contributed by atoms with Crippen molar-refractivity contribution < 1.29 is 24.2 Å². The third-order valence-electron chi connectivity index (χ3n) is 7.98. The summed E-state index contributed by atoms with van der Waals surface area (Å²) in [4.78, 5) is 24.2. The molecular weight excluding hydrogens is 320 g/mol. The van der Waals surface area contributed by atoms with E-state index >= 15 is 0 Å². The maximum atomic E-state index is 12.6. The van der Waals surface area contributed by atoms with Crippen LogP contribution in [0.4, 0.5) is 0 Å². The number of aliphatic carboxylic acids is 1. The summed E-state index contributed by atoms with van der Waals surface area (Å²) in [5, 5.41) is 9.57. The van der Waals surface area contributed by atoms with E-state index in [9.17, 15) is 14.7 Å². The Bertz CT molecular complexity index is 546. The van der Waals surface area contributed by atoms with E-state index in [1.54, 1.807) is 7.11 Å². The summed E-state index contributed by atoms with van der Waals surface area (Å²) < 4.78 is 10.8. The minimum absolute atomic E-state index is 0.0599. The van der Waals surface area contributed by atoms with E-state index in [1.165, 1.54) is 7.11 Å². The highest BCUT2D eigenvalue weighted by atomic mass is 16.5. The Labute approximate surface area is 150 Å². The fourth-order valence-corrected chi connectivity index (χ4v) is 6.76. The van der Waals surface area contributed by atoms with Crippen LogP contribution in [-0.4, -0.2) is 37.4 Å². The lowest BCUT2D eigenvalue weighted by atomic mass is 9.43. The van der Waals surface area contributed by atoms with E-state index in [0.29, 0.717) is 24.2 Å². The number of carboxylic acids is 1. The van der Waals surface area contributed by atoms with Gasteiger partial charge < -0.3 is 14.6 Å². The Hall–Kier alpha value is -1.10. The van der Waals surface area contributed by atoms with Gasteiger partial charge in [0.15, 0.2) is 0 Å². The van der Waals surface area contributed by atoms with Gasteiger partial charge >= 0.3 is 11.9 Å². The van der Waals surface area contributed by atoms with Crippen LogP contribution in [0.3, 0.4) is 0 Å². The van der Waals surface area contributed by atoms with Gasteiger partial charge in [0, 0.05) is 7.11 Å². The van der Waals surface area contributed by atoms with E-state index in [2.05, 4.69) is 13.8 Å². The molecular formula is C20H32O5. The molecule has 3 aliphatic rings. The second kappa shape index (κ2) is 6.57. The Morgan fingerprint density at radius 2 is 1.80 bits per heavy atom. The van der Waals surface area contributed by atoms with Gasteiger partial charge in [-0.15, -0.1) is 0 Å². The van der Waals surface area contributed by atoms with E-state index in [0.717, 1.165) is 38.5 Å². The van der Waals surface area contributed by atoms with Gasteiger partial charge in [0.05, 0.1) is 24.5 Å². The number of fused-ring (bicyclic) bond motifs is 3.